The monoisotopic (exact) mass is 281 g/mol. The van der Waals surface area contributed by atoms with Gasteiger partial charge in [-0.2, -0.15) is 0 Å². The second kappa shape index (κ2) is 5.41. The second-order valence-electron chi connectivity index (χ2n) is 5.37. The first-order valence-corrected chi connectivity index (χ1v) is 7.34. The summed E-state index contributed by atoms with van der Waals surface area (Å²) in [5, 5.41) is 0.806. The van der Waals surface area contributed by atoms with Crippen LogP contribution in [0.3, 0.4) is 0 Å². The van der Waals surface area contributed by atoms with Gasteiger partial charge in [-0.15, -0.1) is 0 Å². The molecule has 0 unspecified atom stereocenters. The van der Waals surface area contributed by atoms with Crippen molar-refractivity contribution in [2.24, 2.45) is 0 Å². The molecular weight excluding hydrogens is 262 g/mol. The minimum atomic E-state index is -0.287. The fraction of sp³-hybridized carbons (Fsp3) is 0.600. The van der Waals surface area contributed by atoms with Crippen LogP contribution in [0.2, 0.25) is 5.02 Å². The fourth-order valence-corrected chi connectivity index (χ4v) is 3.21. The third kappa shape index (κ3) is 2.79. The van der Waals surface area contributed by atoms with Crippen molar-refractivity contribution in [2.45, 2.75) is 31.6 Å². The van der Waals surface area contributed by atoms with Gasteiger partial charge in [0.15, 0.2) is 5.79 Å². The van der Waals surface area contributed by atoms with Gasteiger partial charge in [0.2, 0.25) is 0 Å². The van der Waals surface area contributed by atoms with E-state index < -0.39 is 0 Å². The lowest BCUT2D eigenvalue weighted by Gasteiger charge is -2.40. The SMILES string of the molecule is C[C@@H](c1cccc(Cl)c1)N1CCC2(CC1)OCCO2. The molecule has 1 atom stereocenters. The highest BCUT2D eigenvalue weighted by Crippen LogP contribution is 2.34. The first-order valence-electron chi connectivity index (χ1n) is 6.96. The van der Waals surface area contributed by atoms with Crippen LogP contribution in [0.15, 0.2) is 24.3 Å². The van der Waals surface area contributed by atoms with Crippen molar-refractivity contribution >= 4 is 11.6 Å². The standard InChI is InChI=1S/C15H20ClNO2/c1-12(13-3-2-4-14(16)11-13)17-7-5-15(6-8-17)18-9-10-19-15/h2-4,11-12H,5-10H2,1H3/t12-/m0/s1. The van der Waals surface area contributed by atoms with Crippen molar-refractivity contribution in [1.82, 2.24) is 4.90 Å². The maximum absolute atomic E-state index is 6.07. The molecule has 1 spiro atoms. The lowest BCUT2D eigenvalue weighted by atomic mass is 9.99. The van der Waals surface area contributed by atoms with Gasteiger partial charge in [-0.25, -0.2) is 0 Å². The van der Waals surface area contributed by atoms with E-state index in [-0.39, 0.29) is 5.79 Å². The Labute approximate surface area is 119 Å². The summed E-state index contributed by atoms with van der Waals surface area (Å²) < 4.78 is 11.5. The number of ether oxygens (including phenoxy) is 2. The van der Waals surface area contributed by atoms with Gasteiger partial charge in [-0.05, 0) is 24.6 Å². The summed E-state index contributed by atoms with van der Waals surface area (Å²) in [5.74, 6) is -0.287. The largest absolute Gasteiger partial charge is 0.347 e. The number of hydrogen-bond acceptors (Lipinski definition) is 3. The lowest BCUT2D eigenvalue weighted by molar-refractivity contribution is -0.187. The van der Waals surface area contributed by atoms with Gasteiger partial charge in [0.1, 0.15) is 0 Å². The Kier molecular flexibility index (Phi) is 3.81. The topological polar surface area (TPSA) is 21.7 Å². The zero-order valence-electron chi connectivity index (χ0n) is 11.3. The van der Waals surface area contributed by atoms with Crippen LogP contribution in [0.4, 0.5) is 0 Å². The molecule has 0 radical (unpaired) electrons. The highest BCUT2D eigenvalue weighted by atomic mass is 35.5. The molecule has 2 saturated heterocycles. The lowest BCUT2D eigenvalue weighted by Crippen LogP contribution is -2.45. The summed E-state index contributed by atoms with van der Waals surface area (Å²) >= 11 is 6.07. The van der Waals surface area contributed by atoms with Gasteiger partial charge < -0.3 is 9.47 Å². The molecule has 104 valence electrons. The summed E-state index contributed by atoms with van der Waals surface area (Å²) in [5.41, 5.74) is 1.27. The normalized spacial score (nSPS) is 24.7. The molecule has 0 amide bonds. The van der Waals surface area contributed by atoms with Crippen LogP contribution >= 0.6 is 11.6 Å². The van der Waals surface area contributed by atoms with E-state index in [4.69, 9.17) is 21.1 Å². The molecule has 3 nitrogen and oxygen atoms in total. The molecule has 2 fully saturated rings. The highest BCUT2D eigenvalue weighted by molar-refractivity contribution is 6.30. The molecule has 0 aliphatic carbocycles. The Bertz CT molecular complexity index is 436. The number of benzene rings is 1. The van der Waals surface area contributed by atoms with E-state index in [1.54, 1.807) is 0 Å². The first kappa shape index (κ1) is 13.4. The highest BCUT2D eigenvalue weighted by Gasteiger charge is 2.40. The van der Waals surface area contributed by atoms with Crippen LogP contribution in [0.25, 0.3) is 0 Å². The van der Waals surface area contributed by atoms with Crippen molar-refractivity contribution in [3.05, 3.63) is 34.9 Å². The van der Waals surface area contributed by atoms with Crippen molar-refractivity contribution in [2.75, 3.05) is 26.3 Å². The summed E-state index contributed by atoms with van der Waals surface area (Å²) in [6, 6.07) is 8.52. The van der Waals surface area contributed by atoms with Gasteiger partial charge in [0, 0.05) is 37.0 Å². The average Bonchev–Trinajstić information content (AvgIpc) is 2.87. The molecule has 2 aliphatic heterocycles. The smallest absolute Gasteiger partial charge is 0.170 e. The van der Waals surface area contributed by atoms with Gasteiger partial charge in [-0.3, -0.25) is 4.90 Å². The zero-order valence-corrected chi connectivity index (χ0v) is 12.0. The van der Waals surface area contributed by atoms with Crippen molar-refractivity contribution in [1.29, 1.82) is 0 Å². The zero-order chi connectivity index (χ0) is 13.3. The summed E-state index contributed by atoms with van der Waals surface area (Å²) in [7, 11) is 0. The van der Waals surface area contributed by atoms with Crippen molar-refractivity contribution in [3.8, 4) is 0 Å². The number of rotatable bonds is 2. The van der Waals surface area contributed by atoms with E-state index in [0.717, 1.165) is 44.2 Å². The molecule has 2 heterocycles. The number of nitrogens with zero attached hydrogens (tertiary/aromatic N) is 1. The van der Waals surface area contributed by atoms with E-state index in [9.17, 15) is 0 Å². The fourth-order valence-electron chi connectivity index (χ4n) is 3.01. The molecular formula is C15H20ClNO2. The Balaban J connectivity index is 1.64. The van der Waals surface area contributed by atoms with E-state index in [1.165, 1.54) is 5.56 Å². The minimum absolute atomic E-state index is 0.287. The number of piperidine rings is 1. The molecule has 19 heavy (non-hydrogen) atoms. The quantitative estimate of drug-likeness (QED) is 0.831. The predicted molar refractivity (Wildman–Crippen MR) is 75.3 cm³/mol. The summed E-state index contributed by atoms with van der Waals surface area (Å²) in [6.07, 6.45) is 1.91. The van der Waals surface area contributed by atoms with E-state index in [1.807, 2.05) is 12.1 Å². The molecule has 1 aromatic carbocycles. The van der Waals surface area contributed by atoms with E-state index >= 15 is 0 Å². The van der Waals surface area contributed by atoms with Gasteiger partial charge in [0.05, 0.1) is 13.2 Å². The number of halogens is 1. The van der Waals surface area contributed by atoms with Crippen LogP contribution in [-0.2, 0) is 9.47 Å². The number of likely N-dealkylation sites (tertiary alicyclic amines) is 1. The van der Waals surface area contributed by atoms with Crippen LogP contribution < -0.4 is 0 Å². The summed E-state index contributed by atoms with van der Waals surface area (Å²) in [6.45, 7) is 5.73. The minimum Gasteiger partial charge on any atom is -0.347 e. The van der Waals surface area contributed by atoms with Gasteiger partial charge >= 0.3 is 0 Å². The van der Waals surface area contributed by atoms with Crippen LogP contribution in [-0.4, -0.2) is 37.0 Å². The third-order valence-corrected chi connectivity index (χ3v) is 4.49. The Morgan fingerprint density at radius 1 is 1.21 bits per heavy atom. The first-order chi connectivity index (χ1) is 9.19. The van der Waals surface area contributed by atoms with E-state index in [0.29, 0.717) is 6.04 Å². The van der Waals surface area contributed by atoms with Gasteiger partial charge in [0.25, 0.3) is 0 Å². The van der Waals surface area contributed by atoms with Crippen LogP contribution in [0.1, 0.15) is 31.4 Å². The van der Waals surface area contributed by atoms with Crippen LogP contribution in [0.5, 0.6) is 0 Å². The number of hydrogen-bond donors (Lipinski definition) is 0. The second-order valence-corrected chi connectivity index (χ2v) is 5.81. The molecule has 0 N–H and O–H groups in total. The van der Waals surface area contributed by atoms with Crippen molar-refractivity contribution < 1.29 is 9.47 Å². The Morgan fingerprint density at radius 3 is 2.53 bits per heavy atom. The maximum Gasteiger partial charge on any atom is 0.170 e. The third-order valence-electron chi connectivity index (χ3n) is 4.25. The van der Waals surface area contributed by atoms with Crippen LogP contribution in [0, 0.1) is 0 Å². The van der Waals surface area contributed by atoms with Crippen molar-refractivity contribution in [3.63, 3.8) is 0 Å². The summed E-state index contributed by atoms with van der Waals surface area (Å²) in [4.78, 5) is 2.47. The molecule has 0 aromatic heterocycles. The average molecular weight is 282 g/mol. The maximum atomic E-state index is 6.07. The predicted octanol–water partition coefficient (Wildman–Crippen LogP) is 3.24. The van der Waals surface area contributed by atoms with E-state index in [2.05, 4.69) is 24.0 Å². The Hall–Kier alpha value is -0.610. The molecule has 0 saturated carbocycles. The molecule has 1 aromatic rings. The Morgan fingerprint density at radius 2 is 1.89 bits per heavy atom. The molecule has 0 bridgehead atoms. The molecule has 2 aliphatic rings. The van der Waals surface area contributed by atoms with Gasteiger partial charge in [-0.1, -0.05) is 23.7 Å². The molecule has 4 heteroatoms. The molecule has 3 rings (SSSR count).